The molecule has 0 saturated heterocycles. The summed E-state index contributed by atoms with van der Waals surface area (Å²) in [5, 5.41) is 20.8. The number of carboxylic acids is 1. The summed E-state index contributed by atoms with van der Waals surface area (Å²) in [4.78, 5) is 78.9. The van der Waals surface area contributed by atoms with Gasteiger partial charge in [0, 0.05) is 77.9 Å². The predicted molar refractivity (Wildman–Crippen MR) is 215 cm³/mol. The molecule has 0 unspecified atom stereocenters. The average molecular weight is 1020 g/mol. The summed E-state index contributed by atoms with van der Waals surface area (Å²) in [5.41, 5.74) is 3.88. The molecule has 16 nitrogen and oxygen atoms in total. The molecule has 0 bridgehead atoms. The summed E-state index contributed by atoms with van der Waals surface area (Å²) >= 11 is 0. The van der Waals surface area contributed by atoms with Gasteiger partial charge < -0.3 is 40.9 Å². The molecule has 0 aliphatic rings. The van der Waals surface area contributed by atoms with Crippen LogP contribution in [0.5, 0.6) is 0 Å². The Morgan fingerprint density at radius 1 is 0.632 bits per heavy atom. The first kappa shape index (κ1) is 47.6. The summed E-state index contributed by atoms with van der Waals surface area (Å²) in [6.07, 6.45) is 4.78. The number of ether oxygens (including phenoxy) is 2. The summed E-state index contributed by atoms with van der Waals surface area (Å²) in [7, 11) is 0. The van der Waals surface area contributed by atoms with Crippen LogP contribution in [0.3, 0.4) is 0 Å². The quantitative estimate of drug-likeness (QED) is 0.0911. The van der Waals surface area contributed by atoms with Crippen molar-refractivity contribution < 1.29 is 75.9 Å². The van der Waals surface area contributed by atoms with E-state index < -0.39 is 58.2 Å². The smallest absolute Gasteiger partial charge is 0.412 e. The number of amides is 5. The molecule has 4 rings (SSSR count). The number of nitrogens with one attached hydrogen (secondary N) is 6. The molecule has 306 valence electrons. The van der Waals surface area contributed by atoms with E-state index in [4.69, 9.17) is 15.2 Å². The van der Waals surface area contributed by atoms with Crippen molar-refractivity contribution in [2.45, 2.75) is 91.5 Å². The van der Waals surface area contributed by atoms with Gasteiger partial charge in [0.25, 0.3) is 11.8 Å². The van der Waals surface area contributed by atoms with Crippen molar-refractivity contribution in [2.24, 2.45) is 5.73 Å². The summed E-state index contributed by atoms with van der Waals surface area (Å²) < 4.78 is 10.4. The third-order valence-electron chi connectivity index (χ3n) is 7.61. The molecular formula is C40H53N7O9U. The number of carbonyl (C=O) groups is 6. The van der Waals surface area contributed by atoms with E-state index in [2.05, 4.69) is 31.2 Å². The van der Waals surface area contributed by atoms with Gasteiger partial charge in [-0.05, 0) is 93.5 Å². The van der Waals surface area contributed by atoms with Crippen LogP contribution in [0, 0.1) is 31.1 Å². The molecule has 2 aromatic carbocycles. The molecular weight excluding hydrogens is 961 g/mol. The SMILES string of the molecule is CC(C)(C)OC(=O)N/C(=C\c1c[nH]c2ccccc12)C(=O)NC(C)(C)C(=O)O.CC(C)(C)OC(=O)N/C(=C\c1c[nH]c2ccccc12)C(=O)NC(C)(C)C(N)=O.[3HH].[U]. The Balaban J connectivity index is 0.000000561. The molecule has 0 radical (unpaired) electrons. The van der Waals surface area contributed by atoms with Crippen LogP contribution in [0.2, 0.25) is 0 Å². The van der Waals surface area contributed by atoms with Crippen molar-refractivity contribution in [3.8, 4) is 0 Å². The number of carboxylic acid groups (broad SMARTS) is 1. The summed E-state index contributed by atoms with van der Waals surface area (Å²) in [6.45, 7) is 15.9. The fourth-order valence-corrected chi connectivity index (χ4v) is 4.70. The first-order chi connectivity index (χ1) is 25.8. The van der Waals surface area contributed by atoms with Crippen molar-refractivity contribution >= 4 is 69.8 Å². The Hall–Kier alpha value is -5.53. The van der Waals surface area contributed by atoms with Gasteiger partial charge in [0.2, 0.25) is 5.91 Å². The van der Waals surface area contributed by atoms with E-state index in [0.717, 1.165) is 21.8 Å². The van der Waals surface area contributed by atoms with Gasteiger partial charge in [0.15, 0.2) is 0 Å². The van der Waals surface area contributed by atoms with Gasteiger partial charge in [-0.2, -0.15) is 0 Å². The Kier molecular flexibility index (Phi) is 15.9. The number of alkyl carbamates (subject to hydrolysis) is 2. The maximum absolute atomic E-state index is 12.8. The van der Waals surface area contributed by atoms with E-state index in [1.54, 1.807) is 53.9 Å². The number of para-hydroxylation sites is 2. The van der Waals surface area contributed by atoms with Crippen LogP contribution in [0.4, 0.5) is 9.59 Å². The van der Waals surface area contributed by atoms with Crippen molar-refractivity contribution in [3.05, 3.63) is 83.4 Å². The number of fused-ring (bicyclic) bond motifs is 2. The van der Waals surface area contributed by atoms with Gasteiger partial charge in [-0.1, -0.05) is 36.4 Å². The number of aromatic amines is 2. The van der Waals surface area contributed by atoms with Crippen LogP contribution in [0.15, 0.2) is 72.3 Å². The number of aliphatic carboxylic acids is 1. The van der Waals surface area contributed by atoms with Gasteiger partial charge in [-0.15, -0.1) is 0 Å². The molecule has 2 heterocycles. The Bertz CT molecular complexity index is 2040. The maximum atomic E-state index is 12.8. The van der Waals surface area contributed by atoms with Gasteiger partial charge >= 0.3 is 18.2 Å². The summed E-state index contributed by atoms with van der Waals surface area (Å²) in [5.74, 6) is -3.32. The largest absolute Gasteiger partial charge is 0.480 e. The van der Waals surface area contributed by atoms with Crippen LogP contribution >= 0.6 is 0 Å². The minimum atomic E-state index is -1.52. The number of carbonyl (C=O) groups excluding carboxylic acids is 5. The molecule has 0 spiro atoms. The second-order valence-corrected chi connectivity index (χ2v) is 15.8. The predicted octanol–water partition coefficient (Wildman–Crippen LogP) is 5.67. The monoisotopic (exact) mass is 1020 g/mol. The summed E-state index contributed by atoms with van der Waals surface area (Å²) in [6, 6.07) is 15.0. The van der Waals surface area contributed by atoms with E-state index >= 15 is 0 Å². The average Bonchev–Trinajstić information content (AvgIpc) is 3.66. The minimum absolute atomic E-state index is 0. The van der Waals surface area contributed by atoms with E-state index in [1.165, 1.54) is 39.8 Å². The van der Waals surface area contributed by atoms with Crippen LogP contribution in [-0.4, -0.2) is 73.2 Å². The zero-order valence-corrected chi connectivity index (χ0v) is 37.9. The molecule has 9 N–H and O–H groups in total. The molecule has 2 aromatic heterocycles. The molecule has 5 amide bonds. The molecule has 57 heavy (non-hydrogen) atoms. The van der Waals surface area contributed by atoms with Crippen LogP contribution in [-0.2, 0) is 28.7 Å². The van der Waals surface area contributed by atoms with Crippen molar-refractivity contribution in [3.63, 3.8) is 0 Å². The Morgan fingerprint density at radius 3 is 1.32 bits per heavy atom. The number of hydrogen-bond donors (Lipinski definition) is 8. The van der Waals surface area contributed by atoms with E-state index in [-0.39, 0.29) is 43.9 Å². The standard InChI is InChI=1S/C20H26N4O4.C20H25N3O5.U.H2/c1-19(2,3)28-18(27)23-15(16(25)24-20(4,5)17(21)26)10-12-11-22-14-9-7-6-8-13(12)14;1-19(2,3)28-18(27)22-15(16(24)23-20(4,5)17(25)26)10-12-11-21-14-9-7-6-8-13(12)14;;/h6-11,22H,1-5H3,(H2,21,26)(H,23,27)(H,24,25);6-11,21H,1-5H3,(H,22,27)(H,23,24)(H,25,26);;1H/b2*15-10-;;/i;;;1+2. The van der Waals surface area contributed by atoms with Crippen LogP contribution in [0.1, 0.15) is 81.8 Å². The molecule has 4 aromatic rings. The number of aromatic nitrogens is 2. The topological polar surface area (TPSA) is 247 Å². The van der Waals surface area contributed by atoms with Gasteiger partial charge in [-0.25, -0.2) is 14.4 Å². The zero-order chi connectivity index (χ0) is 42.2. The zero-order valence-electron chi connectivity index (χ0n) is 33.7. The first-order valence-electron chi connectivity index (χ1n) is 17.5. The van der Waals surface area contributed by atoms with Crippen LogP contribution < -0.4 is 27.0 Å². The third kappa shape index (κ3) is 14.5. The fraction of sp³-hybridized carbons (Fsp3) is 0.350. The minimum Gasteiger partial charge on any atom is -0.480 e. The number of rotatable bonds is 10. The second-order valence-electron chi connectivity index (χ2n) is 15.8. The normalized spacial score (nSPS) is 12.3. The fourth-order valence-electron chi connectivity index (χ4n) is 4.70. The maximum Gasteiger partial charge on any atom is 0.412 e. The van der Waals surface area contributed by atoms with Crippen LogP contribution in [0.25, 0.3) is 34.0 Å². The van der Waals surface area contributed by atoms with Gasteiger partial charge in [0.05, 0.1) is 0 Å². The molecule has 0 saturated carbocycles. The van der Waals surface area contributed by atoms with E-state index in [0.29, 0.717) is 11.1 Å². The molecule has 0 fully saturated rings. The number of primary amides is 1. The molecule has 0 aliphatic carbocycles. The number of hydrogen-bond acceptors (Lipinski definition) is 8. The number of nitrogens with two attached hydrogens (primary N) is 1. The molecule has 0 atom stereocenters. The first-order valence-corrected chi connectivity index (χ1v) is 17.5. The molecule has 0 aliphatic heterocycles. The van der Waals surface area contributed by atoms with Crippen molar-refractivity contribution in [1.29, 1.82) is 0 Å². The van der Waals surface area contributed by atoms with Gasteiger partial charge in [-0.3, -0.25) is 25.0 Å². The Morgan fingerprint density at radius 2 is 0.982 bits per heavy atom. The van der Waals surface area contributed by atoms with E-state index in [1.807, 2.05) is 48.5 Å². The van der Waals surface area contributed by atoms with Gasteiger partial charge in [0.1, 0.15) is 33.7 Å². The van der Waals surface area contributed by atoms with Crippen molar-refractivity contribution in [2.75, 3.05) is 0 Å². The third-order valence-corrected chi connectivity index (χ3v) is 7.61. The molecule has 17 heteroatoms. The van der Waals surface area contributed by atoms with E-state index in [9.17, 15) is 33.9 Å². The number of H-pyrrole nitrogens is 2. The Labute approximate surface area is 356 Å². The van der Waals surface area contributed by atoms with Crippen molar-refractivity contribution in [1.82, 2.24) is 31.2 Å². The second kappa shape index (κ2) is 19.1. The number of benzene rings is 2.